The van der Waals surface area contributed by atoms with Crippen LogP contribution in [0.4, 0.5) is 16.0 Å². The lowest BCUT2D eigenvalue weighted by atomic mass is 9.85. The molecular formula is C62H75ClFN9O9S2. The van der Waals surface area contributed by atoms with Crippen molar-refractivity contribution in [2.24, 2.45) is 5.41 Å². The van der Waals surface area contributed by atoms with Gasteiger partial charge >= 0.3 is 0 Å². The Hall–Kier alpha value is -6.88. The molecule has 22 heteroatoms. The highest BCUT2D eigenvalue weighted by molar-refractivity contribution is 7.89. The number of aliphatic hydroxyl groups excluding tert-OH is 1. The van der Waals surface area contributed by atoms with Gasteiger partial charge in [0.2, 0.25) is 33.7 Å². The lowest BCUT2D eigenvalue weighted by molar-refractivity contribution is -0.145. The van der Waals surface area contributed by atoms with Gasteiger partial charge in [0.15, 0.2) is 5.67 Å². The SMILES string of the molecule is Cc1ncsc1-c1ccc(CNC(=O)[C@@H]2C[C@@H](O)CN2C(=O)[C@@H](NC(=O)C2(F)CC2)C(C)(C)C)c(OCCCCCCCCCC(=O)NCCOCCNS(=O)(=O)c2ccc(Nc3ncc(Cl)c(-c4cccc(-c5ccccc5)c4)n3)cc2)c1. The Balaban J connectivity index is 0.682. The maximum atomic E-state index is 14.7. The highest BCUT2D eigenvalue weighted by Gasteiger charge is 2.53. The molecule has 0 radical (unpaired) electrons. The predicted molar refractivity (Wildman–Crippen MR) is 324 cm³/mol. The third-order valence-corrected chi connectivity index (χ3v) is 17.4. The third-order valence-electron chi connectivity index (χ3n) is 14.7. The molecule has 1 aliphatic carbocycles. The summed E-state index contributed by atoms with van der Waals surface area (Å²) in [5.41, 5.74) is 5.64. The lowest BCUT2D eigenvalue weighted by Gasteiger charge is -2.35. The summed E-state index contributed by atoms with van der Waals surface area (Å²) in [5, 5.41) is 22.6. The minimum atomic E-state index is -3.81. The monoisotopic (exact) mass is 1210 g/mol. The second-order valence-electron chi connectivity index (χ2n) is 22.4. The number of ether oxygens (including phenoxy) is 2. The van der Waals surface area contributed by atoms with Crippen molar-refractivity contribution in [3.63, 3.8) is 0 Å². The van der Waals surface area contributed by atoms with Gasteiger partial charge in [0.25, 0.3) is 5.91 Å². The van der Waals surface area contributed by atoms with Crippen molar-refractivity contribution >= 4 is 68.2 Å². The minimum absolute atomic E-state index is 0.0203. The number of hydrogen-bond acceptors (Lipinski definition) is 14. The van der Waals surface area contributed by atoms with Crippen molar-refractivity contribution in [3.8, 4) is 38.6 Å². The number of amides is 4. The zero-order valence-electron chi connectivity index (χ0n) is 47.9. The number of hydrogen-bond donors (Lipinski definition) is 6. The number of likely N-dealkylation sites (tertiary alicyclic amines) is 1. The van der Waals surface area contributed by atoms with Crippen LogP contribution in [0, 0.1) is 12.3 Å². The van der Waals surface area contributed by atoms with Gasteiger partial charge in [-0.1, -0.05) is 125 Å². The highest BCUT2D eigenvalue weighted by atomic mass is 35.5. The molecule has 18 nitrogen and oxygen atoms in total. The number of halogens is 2. The molecule has 448 valence electrons. The van der Waals surface area contributed by atoms with E-state index < -0.39 is 57.0 Å². The first-order valence-corrected chi connectivity index (χ1v) is 31.3. The van der Waals surface area contributed by atoms with E-state index in [-0.39, 0.29) is 62.9 Å². The lowest BCUT2D eigenvalue weighted by Crippen LogP contribution is -2.59. The summed E-state index contributed by atoms with van der Waals surface area (Å²) in [4.78, 5) is 68.7. The number of anilines is 2. The fourth-order valence-electron chi connectivity index (χ4n) is 9.76. The Kier molecular flexibility index (Phi) is 22.0. The van der Waals surface area contributed by atoms with E-state index in [2.05, 4.69) is 40.9 Å². The van der Waals surface area contributed by atoms with Crippen LogP contribution in [0.15, 0.2) is 114 Å². The molecular weight excluding hydrogens is 1130 g/mol. The van der Waals surface area contributed by atoms with Crippen molar-refractivity contribution in [1.29, 1.82) is 0 Å². The second kappa shape index (κ2) is 29.3. The maximum absolute atomic E-state index is 14.7. The summed E-state index contributed by atoms with van der Waals surface area (Å²) in [6.07, 6.45) is 7.64. The van der Waals surface area contributed by atoms with Crippen molar-refractivity contribution in [2.75, 3.05) is 44.8 Å². The number of benzene rings is 4. The van der Waals surface area contributed by atoms with Gasteiger partial charge in [-0.05, 0) is 91.1 Å². The first kappa shape index (κ1) is 63.1. The molecule has 6 aromatic rings. The number of nitrogens with one attached hydrogen (secondary N) is 5. The Labute approximate surface area is 500 Å². The molecule has 0 unspecified atom stereocenters. The van der Waals surface area contributed by atoms with Crippen LogP contribution in [0.25, 0.3) is 32.8 Å². The molecule has 6 N–H and O–H groups in total. The Morgan fingerprint density at radius 3 is 2.25 bits per heavy atom. The van der Waals surface area contributed by atoms with E-state index >= 15 is 0 Å². The molecule has 2 aromatic heterocycles. The molecule has 0 bridgehead atoms. The number of aromatic nitrogens is 3. The van der Waals surface area contributed by atoms with Crippen LogP contribution < -0.4 is 30.7 Å². The van der Waals surface area contributed by atoms with E-state index in [0.29, 0.717) is 47.7 Å². The number of rotatable bonds is 30. The quantitative estimate of drug-likeness (QED) is 0.0230. The number of alkyl halides is 1. The Morgan fingerprint density at radius 1 is 0.833 bits per heavy atom. The minimum Gasteiger partial charge on any atom is -0.493 e. The van der Waals surface area contributed by atoms with E-state index in [9.17, 15) is 37.1 Å². The summed E-state index contributed by atoms with van der Waals surface area (Å²) in [6.45, 7) is 8.41. The number of nitrogens with zero attached hydrogens (tertiary/aromatic N) is 4. The molecule has 3 atom stereocenters. The van der Waals surface area contributed by atoms with Crippen LogP contribution in [0.3, 0.4) is 0 Å². The predicted octanol–water partition coefficient (Wildman–Crippen LogP) is 9.86. The van der Waals surface area contributed by atoms with Crippen LogP contribution in [0.1, 0.15) is 103 Å². The van der Waals surface area contributed by atoms with Crippen molar-refractivity contribution in [1.82, 2.24) is 40.5 Å². The van der Waals surface area contributed by atoms with Crippen LogP contribution in [-0.2, 0) is 40.5 Å². The van der Waals surface area contributed by atoms with E-state index in [1.165, 1.54) is 34.6 Å². The average molecular weight is 1210 g/mol. The number of aliphatic hydroxyl groups is 1. The fraction of sp³-hybridized carbons (Fsp3) is 0.435. The standard InChI is InChI=1S/C62H75ClFN9O9S2/c1-41-55(83-40-68-41)45-21-22-46(37-66-57(76)51-36-48(74)39-73(51)58(77)56(61(2,3)4)72-59(78)62(64)27-28-62)52(35-45)82-31-14-9-7-5-6-8-13-20-53(75)65-29-32-81-33-30-69-84(79,80)49-25-23-47(24-26-49)70-60-67-38-50(63)54(71-60)44-19-15-18-43(34-44)42-16-11-10-12-17-42/h10-12,15-19,21-26,34-35,38,40,48,51,56,69,74H,5-9,13-14,20,27-33,36-37,39H2,1-4H3,(H,65,75)(H,66,76)(H,72,78)(H,67,70,71)/t48-,51+,56-/m1/s1. The molecule has 3 heterocycles. The number of sulfonamides is 1. The number of β-amino-alcohol motifs (C(OH)–C–C–N with tert-alkyl or cyclic N) is 1. The van der Waals surface area contributed by atoms with E-state index in [0.717, 1.165) is 83.3 Å². The van der Waals surface area contributed by atoms with Crippen LogP contribution in [0.5, 0.6) is 5.75 Å². The van der Waals surface area contributed by atoms with Gasteiger partial charge in [-0.2, -0.15) is 0 Å². The summed E-state index contributed by atoms with van der Waals surface area (Å²) < 4.78 is 55.2. The van der Waals surface area contributed by atoms with Crippen LogP contribution in [-0.4, -0.2) is 120 Å². The summed E-state index contributed by atoms with van der Waals surface area (Å²) >= 11 is 8.05. The molecule has 0 spiro atoms. The molecule has 2 aliphatic rings. The summed E-state index contributed by atoms with van der Waals surface area (Å²) in [5.74, 6) is -0.992. The molecule has 1 saturated heterocycles. The van der Waals surface area contributed by atoms with Crippen molar-refractivity contribution < 1.29 is 46.6 Å². The van der Waals surface area contributed by atoms with Gasteiger partial charge < -0.3 is 40.7 Å². The first-order valence-electron chi connectivity index (χ1n) is 28.6. The van der Waals surface area contributed by atoms with E-state index in [1.807, 2.05) is 79.7 Å². The smallest absolute Gasteiger partial charge is 0.258 e. The topological polar surface area (TPSA) is 243 Å². The highest BCUT2D eigenvalue weighted by Crippen LogP contribution is 2.41. The van der Waals surface area contributed by atoms with Gasteiger partial charge in [-0.25, -0.2) is 32.5 Å². The molecule has 4 amide bonds. The normalized spacial score (nSPS) is 16.0. The third kappa shape index (κ3) is 17.6. The molecule has 84 heavy (non-hydrogen) atoms. The molecule has 1 aliphatic heterocycles. The second-order valence-corrected chi connectivity index (χ2v) is 25.4. The Morgan fingerprint density at radius 2 is 1.54 bits per heavy atom. The number of aryl methyl sites for hydroxylation is 1. The van der Waals surface area contributed by atoms with E-state index in [1.54, 1.807) is 38.4 Å². The zero-order chi connectivity index (χ0) is 59.9. The molecule has 8 rings (SSSR count). The number of thiazole rings is 1. The maximum Gasteiger partial charge on any atom is 0.258 e. The van der Waals surface area contributed by atoms with Crippen LogP contribution >= 0.6 is 22.9 Å². The van der Waals surface area contributed by atoms with E-state index in [4.69, 9.17) is 21.1 Å². The first-order chi connectivity index (χ1) is 40.3. The van der Waals surface area contributed by atoms with Gasteiger partial charge in [-0.15, -0.1) is 11.3 Å². The average Bonchev–Trinajstić information content (AvgIpc) is 4.14. The molecule has 2 fully saturated rings. The van der Waals surface area contributed by atoms with Crippen molar-refractivity contribution in [3.05, 3.63) is 125 Å². The molecule has 4 aromatic carbocycles. The zero-order valence-corrected chi connectivity index (χ0v) is 50.3. The Bertz CT molecular complexity index is 3330. The van der Waals surface area contributed by atoms with Gasteiger partial charge in [-0.3, -0.25) is 19.2 Å². The van der Waals surface area contributed by atoms with Gasteiger partial charge in [0, 0.05) is 55.8 Å². The fourth-order valence-corrected chi connectivity index (χ4v) is 11.8. The summed E-state index contributed by atoms with van der Waals surface area (Å²) in [7, 11) is -3.81. The number of carbonyl (C=O) groups is 4. The number of carbonyl (C=O) groups excluding carboxylic acids is 4. The van der Waals surface area contributed by atoms with Crippen LogP contribution in [0.2, 0.25) is 5.02 Å². The van der Waals surface area contributed by atoms with Gasteiger partial charge in [0.1, 0.15) is 17.8 Å². The summed E-state index contributed by atoms with van der Waals surface area (Å²) in [6, 6.07) is 27.9. The van der Waals surface area contributed by atoms with Gasteiger partial charge in [0.05, 0.1) is 63.8 Å². The largest absolute Gasteiger partial charge is 0.493 e. The number of unbranched alkanes of at least 4 members (excludes halogenated alkanes) is 6. The molecule has 1 saturated carbocycles. The van der Waals surface area contributed by atoms with Crippen molar-refractivity contribution in [2.45, 2.75) is 134 Å².